The second-order valence-electron chi connectivity index (χ2n) is 5.52. The van der Waals surface area contributed by atoms with E-state index in [2.05, 4.69) is 76.7 Å². The number of benzene rings is 2. The zero-order valence-electron chi connectivity index (χ0n) is 11.8. The van der Waals surface area contributed by atoms with Gasteiger partial charge in [-0.1, -0.05) is 59.3 Å². The van der Waals surface area contributed by atoms with Crippen LogP contribution in [0.4, 0.5) is 0 Å². The van der Waals surface area contributed by atoms with E-state index < -0.39 is 0 Å². The summed E-state index contributed by atoms with van der Waals surface area (Å²) in [6.07, 6.45) is 2.37. The van der Waals surface area contributed by atoms with E-state index in [0.717, 1.165) is 11.0 Å². The Morgan fingerprint density at radius 3 is 2.20 bits per heavy atom. The highest BCUT2D eigenvalue weighted by atomic mass is 79.9. The van der Waals surface area contributed by atoms with Crippen molar-refractivity contribution in [1.82, 2.24) is 5.32 Å². The van der Waals surface area contributed by atoms with Gasteiger partial charge in [0.2, 0.25) is 0 Å². The lowest BCUT2D eigenvalue weighted by Crippen LogP contribution is -2.28. The van der Waals surface area contributed by atoms with Gasteiger partial charge in [0.05, 0.1) is 0 Å². The van der Waals surface area contributed by atoms with Crippen LogP contribution in [0.3, 0.4) is 0 Å². The zero-order valence-corrected chi connectivity index (χ0v) is 13.4. The maximum atomic E-state index is 3.68. The molecule has 2 heteroatoms. The van der Waals surface area contributed by atoms with Crippen LogP contribution in [0, 0.1) is 5.92 Å². The highest BCUT2D eigenvalue weighted by molar-refractivity contribution is 9.10. The van der Waals surface area contributed by atoms with E-state index in [1.54, 1.807) is 0 Å². The molecule has 0 bridgehead atoms. The van der Waals surface area contributed by atoms with Crippen LogP contribution in [-0.2, 0) is 12.8 Å². The van der Waals surface area contributed by atoms with E-state index in [0.29, 0.717) is 12.0 Å². The summed E-state index contributed by atoms with van der Waals surface area (Å²) in [6.45, 7) is 3.20. The molecule has 0 amide bonds. The zero-order chi connectivity index (χ0) is 13.9. The van der Waals surface area contributed by atoms with Crippen molar-refractivity contribution in [3.8, 4) is 0 Å². The Balaban J connectivity index is 1.84. The van der Waals surface area contributed by atoms with Crippen LogP contribution in [0.5, 0.6) is 0 Å². The van der Waals surface area contributed by atoms with E-state index in [9.17, 15) is 0 Å². The first-order chi connectivity index (χ1) is 9.78. The molecule has 0 aliphatic heterocycles. The van der Waals surface area contributed by atoms with Crippen molar-refractivity contribution in [2.75, 3.05) is 6.54 Å². The molecule has 1 nitrogen and oxygen atoms in total. The van der Waals surface area contributed by atoms with Crippen molar-refractivity contribution >= 4 is 15.9 Å². The molecule has 20 heavy (non-hydrogen) atoms. The first kappa shape index (κ1) is 13.8. The molecule has 0 heterocycles. The van der Waals surface area contributed by atoms with Crippen molar-refractivity contribution in [3.05, 3.63) is 69.7 Å². The minimum absolute atomic E-state index is 0.445. The van der Waals surface area contributed by atoms with Gasteiger partial charge < -0.3 is 5.32 Å². The Kier molecular flexibility index (Phi) is 4.23. The largest absolute Gasteiger partial charge is 0.310 e. The predicted molar refractivity (Wildman–Crippen MR) is 87.9 cm³/mol. The summed E-state index contributed by atoms with van der Waals surface area (Å²) in [5, 5.41) is 3.68. The third kappa shape index (κ3) is 2.82. The Morgan fingerprint density at radius 2 is 1.65 bits per heavy atom. The Hall–Kier alpha value is -1.12. The van der Waals surface area contributed by atoms with Gasteiger partial charge in [-0.05, 0) is 54.1 Å². The smallest absolute Gasteiger partial charge is 0.0354 e. The standard InChI is InChI=1S/C18H20BrN/c1-2-20-18(13-7-9-17(19)10-8-13)16-11-14-5-3-4-6-15(14)12-16/h3-10,16,18,20H,2,11-12H2,1H3. The van der Waals surface area contributed by atoms with Crippen LogP contribution < -0.4 is 5.32 Å². The summed E-state index contributed by atoms with van der Waals surface area (Å²) in [5.74, 6) is 0.661. The molecule has 2 aromatic rings. The summed E-state index contributed by atoms with van der Waals surface area (Å²) in [4.78, 5) is 0. The van der Waals surface area contributed by atoms with Gasteiger partial charge in [-0.3, -0.25) is 0 Å². The van der Waals surface area contributed by atoms with E-state index in [1.807, 2.05) is 0 Å². The highest BCUT2D eigenvalue weighted by Gasteiger charge is 2.28. The second-order valence-corrected chi connectivity index (χ2v) is 6.44. The van der Waals surface area contributed by atoms with Gasteiger partial charge in [0, 0.05) is 10.5 Å². The van der Waals surface area contributed by atoms with E-state index in [1.165, 1.54) is 29.5 Å². The van der Waals surface area contributed by atoms with Gasteiger partial charge in [-0.25, -0.2) is 0 Å². The quantitative estimate of drug-likeness (QED) is 0.869. The molecule has 0 spiro atoms. The monoisotopic (exact) mass is 329 g/mol. The van der Waals surface area contributed by atoms with Gasteiger partial charge in [-0.15, -0.1) is 0 Å². The molecule has 3 rings (SSSR count). The lowest BCUT2D eigenvalue weighted by molar-refractivity contribution is 0.380. The number of hydrogen-bond acceptors (Lipinski definition) is 1. The number of hydrogen-bond donors (Lipinski definition) is 1. The normalized spacial score (nSPS) is 16.1. The van der Waals surface area contributed by atoms with E-state index in [4.69, 9.17) is 0 Å². The maximum Gasteiger partial charge on any atom is 0.0354 e. The van der Waals surface area contributed by atoms with Crippen LogP contribution in [0.25, 0.3) is 0 Å². The van der Waals surface area contributed by atoms with Crippen LogP contribution in [0.1, 0.15) is 29.7 Å². The van der Waals surface area contributed by atoms with Crippen molar-refractivity contribution in [3.63, 3.8) is 0 Å². The molecule has 0 radical (unpaired) electrons. The molecule has 1 atom stereocenters. The molecular formula is C18H20BrN. The summed E-state index contributed by atoms with van der Waals surface area (Å²) in [6, 6.07) is 18.1. The van der Waals surface area contributed by atoms with Crippen molar-refractivity contribution in [1.29, 1.82) is 0 Å². The van der Waals surface area contributed by atoms with Gasteiger partial charge in [0.1, 0.15) is 0 Å². The van der Waals surface area contributed by atoms with Gasteiger partial charge >= 0.3 is 0 Å². The number of rotatable bonds is 4. The summed E-state index contributed by atoms with van der Waals surface area (Å²) in [7, 11) is 0. The first-order valence-corrected chi connectivity index (χ1v) is 8.13. The third-order valence-corrected chi connectivity index (χ3v) is 4.74. The molecule has 104 valence electrons. The molecular weight excluding hydrogens is 310 g/mol. The SMILES string of the molecule is CCNC(c1ccc(Br)cc1)C1Cc2ccccc2C1. The first-order valence-electron chi connectivity index (χ1n) is 7.33. The molecule has 1 aliphatic rings. The van der Waals surface area contributed by atoms with E-state index in [-0.39, 0.29) is 0 Å². The minimum atomic E-state index is 0.445. The fraction of sp³-hybridized carbons (Fsp3) is 0.333. The molecule has 0 saturated heterocycles. The lowest BCUT2D eigenvalue weighted by atomic mass is 9.90. The summed E-state index contributed by atoms with van der Waals surface area (Å²) >= 11 is 3.52. The van der Waals surface area contributed by atoms with Gasteiger partial charge in [0.15, 0.2) is 0 Å². The molecule has 0 saturated carbocycles. The molecule has 1 N–H and O–H groups in total. The Labute approximate surface area is 129 Å². The highest BCUT2D eigenvalue weighted by Crippen LogP contribution is 2.35. The molecule has 0 aromatic heterocycles. The van der Waals surface area contributed by atoms with Crippen LogP contribution in [-0.4, -0.2) is 6.54 Å². The number of nitrogens with one attached hydrogen (secondary N) is 1. The van der Waals surface area contributed by atoms with Crippen molar-refractivity contribution in [2.24, 2.45) is 5.92 Å². The van der Waals surface area contributed by atoms with Crippen LogP contribution in [0.2, 0.25) is 0 Å². The van der Waals surface area contributed by atoms with E-state index >= 15 is 0 Å². The predicted octanol–water partition coefficient (Wildman–Crippen LogP) is 4.51. The minimum Gasteiger partial charge on any atom is -0.310 e. The molecule has 0 fully saturated rings. The van der Waals surface area contributed by atoms with Crippen LogP contribution >= 0.6 is 15.9 Å². The second kappa shape index (κ2) is 6.11. The molecule has 1 unspecified atom stereocenters. The number of halogens is 1. The summed E-state index contributed by atoms with van der Waals surface area (Å²) in [5.41, 5.74) is 4.45. The topological polar surface area (TPSA) is 12.0 Å². The third-order valence-electron chi connectivity index (χ3n) is 4.21. The molecule has 2 aromatic carbocycles. The maximum absolute atomic E-state index is 3.68. The fourth-order valence-corrected chi connectivity index (χ4v) is 3.54. The molecule has 1 aliphatic carbocycles. The lowest BCUT2D eigenvalue weighted by Gasteiger charge is -2.25. The average Bonchev–Trinajstić information content (AvgIpc) is 2.89. The Morgan fingerprint density at radius 1 is 1.05 bits per heavy atom. The van der Waals surface area contributed by atoms with Crippen molar-refractivity contribution in [2.45, 2.75) is 25.8 Å². The fourth-order valence-electron chi connectivity index (χ4n) is 3.28. The van der Waals surface area contributed by atoms with Gasteiger partial charge in [0.25, 0.3) is 0 Å². The Bertz CT molecular complexity index is 551. The van der Waals surface area contributed by atoms with Crippen LogP contribution in [0.15, 0.2) is 53.0 Å². The number of fused-ring (bicyclic) bond motifs is 1. The van der Waals surface area contributed by atoms with Gasteiger partial charge in [-0.2, -0.15) is 0 Å². The average molecular weight is 330 g/mol. The van der Waals surface area contributed by atoms with Crippen molar-refractivity contribution < 1.29 is 0 Å². The summed E-state index contributed by atoms with van der Waals surface area (Å²) < 4.78 is 1.14.